The first-order chi connectivity index (χ1) is 7.18. The van der Waals surface area contributed by atoms with Crippen LogP contribution in [-0.4, -0.2) is 22.3 Å². The van der Waals surface area contributed by atoms with E-state index in [1.54, 1.807) is 19.2 Å². The van der Waals surface area contributed by atoms with Crippen LogP contribution in [0.2, 0.25) is 0 Å². The Balaban J connectivity index is 2.22. The molecule has 1 amide bonds. The molecule has 1 aliphatic heterocycles. The molecule has 2 N–H and O–H groups in total. The molecule has 80 valence electrons. The summed E-state index contributed by atoms with van der Waals surface area (Å²) in [5.41, 5.74) is 6.61. The third-order valence-electron chi connectivity index (χ3n) is 2.85. The van der Waals surface area contributed by atoms with Crippen molar-refractivity contribution >= 4 is 11.7 Å². The van der Waals surface area contributed by atoms with Crippen molar-refractivity contribution in [2.45, 2.75) is 25.8 Å². The lowest BCUT2D eigenvalue weighted by molar-refractivity contribution is -0.129. The minimum Gasteiger partial charge on any atom is -0.384 e. The first-order valence-corrected chi connectivity index (χ1v) is 5.17. The fourth-order valence-electron chi connectivity index (χ4n) is 2.10. The predicted molar refractivity (Wildman–Crippen MR) is 58.0 cm³/mol. The van der Waals surface area contributed by atoms with Crippen LogP contribution in [0.1, 0.15) is 31.4 Å². The first kappa shape index (κ1) is 9.96. The molecule has 0 spiro atoms. The van der Waals surface area contributed by atoms with E-state index in [0.29, 0.717) is 5.82 Å². The van der Waals surface area contributed by atoms with Gasteiger partial charge in [0.05, 0.1) is 6.04 Å². The molecule has 1 fully saturated rings. The number of carbonyl (C=O) groups is 1. The average molecular weight is 205 g/mol. The average Bonchev–Trinajstić information content (AvgIpc) is 2.67. The summed E-state index contributed by atoms with van der Waals surface area (Å²) in [6.07, 6.45) is 3.85. The van der Waals surface area contributed by atoms with Crippen LogP contribution in [0.4, 0.5) is 5.82 Å². The fraction of sp³-hybridized carbons (Fsp3) is 0.455. The van der Waals surface area contributed by atoms with E-state index in [4.69, 9.17) is 5.73 Å². The SMILES string of the molecule is CC(=O)N1CCC[C@H]1c1ccc(N)nc1. The van der Waals surface area contributed by atoms with Crippen molar-refractivity contribution in [3.8, 4) is 0 Å². The minimum absolute atomic E-state index is 0.134. The van der Waals surface area contributed by atoms with Crippen molar-refractivity contribution in [1.29, 1.82) is 0 Å². The van der Waals surface area contributed by atoms with Gasteiger partial charge in [-0.15, -0.1) is 0 Å². The van der Waals surface area contributed by atoms with Crippen molar-refractivity contribution in [3.05, 3.63) is 23.9 Å². The quantitative estimate of drug-likeness (QED) is 0.752. The fourth-order valence-corrected chi connectivity index (χ4v) is 2.10. The summed E-state index contributed by atoms with van der Waals surface area (Å²) >= 11 is 0. The number of rotatable bonds is 1. The van der Waals surface area contributed by atoms with E-state index in [-0.39, 0.29) is 11.9 Å². The largest absolute Gasteiger partial charge is 0.384 e. The van der Waals surface area contributed by atoms with Crippen LogP contribution in [0.25, 0.3) is 0 Å². The zero-order valence-corrected chi connectivity index (χ0v) is 8.81. The molecule has 0 saturated carbocycles. The molecule has 1 aromatic heterocycles. The summed E-state index contributed by atoms with van der Waals surface area (Å²) in [5, 5.41) is 0. The molecule has 2 rings (SSSR count). The Morgan fingerprint density at radius 2 is 2.40 bits per heavy atom. The van der Waals surface area contributed by atoms with E-state index in [0.717, 1.165) is 24.9 Å². The van der Waals surface area contributed by atoms with Crippen LogP contribution >= 0.6 is 0 Å². The molecule has 1 aromatic rings. The van der Waals surface area contributed by atoms with E-state index in [1.165, 1.54) is 0 Å². The Morgan fingerprint density at radius 3 is 3.00 bits per heavy atom. The van der Waals surface area contributed by atoms with Gasteiger partial charge in [-0.25, -0.2) is 4.98 Å². The molecule has 4 heteroatoms. The first-order valence-electron chi connectivity index (χ1n) is 5.17. The molecule has 1 saturated heterocycles. The summed E-state index contributed by atoms with van der Waals surface area (Å²) in [7, 11) is 0. The number of carbonyl (C=O) groups excluding carboxylic acids is 1. The molecule has 0 radical (unpaired) electrons. The number of anilines is 1. The zero-order chi connectivity index (χ0) is 10.8. The number of amides is 1. The Labute approximate surface area is 89.1 Å². The molecule has 1 atom stereocenters. The number of nitrogens with two attached hydrogens (primary N) is 1. The van der Waals surface area contributed by atoms with Crippen LogP contribution in [-0.2, 0) is 4.79 Å². The van der Waals surface area contributed by atoms with Gasteiger partial charge >= 0.3 is 0 Å². The van der Waals surface area contributed by atoms with Crippen molar-refractivity contribution in [1.82, 2.24) is 9.88 Å². The van der Waals surface area contributed by atoms with E-state index >= 15 is 0 Å². The van der Waals surface area contributed by atoms with Crippen LogP contribution in [0, 0.1) is 0 Å². The number of hydrogen-bond acceptors (Lipinski definition) is 3. The molecule has 15 heavy (non-hydrogen) atoms. The van der Waals surface area contributed by atoms with Gasteiger partial charge in [-0.2, -0.15) is 0 Å². The second-order valence-corrected chi connectivity index (χ2v) is 3.89. The highest BCUT2D eigenvalue weighted by atomic mass is 16.2. The van der Waals surface area contributed by atoms with E-state index in [9.17, 15) is 4.79 Å². The number of hydrogen-bond donors (Lipinski definition) is 1. The monoisotopic (exact) mass is 205 g/mol. The molecular weight excluding hydrogens is 190 g/mol. The summed E-state index contributed by atoms with van der Waals surface area (Å²) in [4.78, 5) is 17.3. The van der Waals surface area contributed by atoms with Gasteiger partial charge < -0.3 is 10.6 Å². The van der Waals surface area contributed by atoms with Gasteiger partial charge in [0.1, 0.15) is 5.82 Å². The third-order valence-corrected chi connectivity index (χ3v) is 2.85. The maximum absolute atomic E-state index is 11.4. The van der Waals surface area contributed by atoms with Crippen molar-refractivity contribution in [2.24, 2.45) is 0 Å². The molecular formula is C11H15N3O. The Morgan fingerprint density at radius 1 is 1.60 bits per heavy atom. The highest BCUT2D eigenvalue weighted by Crippen LogP contribution is 2.31. The van der Waals surface area contributed by atoms with Crippen molar-refractivity contribution < 1.29 is 4.79 Å². The van der Waals surface area contributed by atoms with Crippen molar-refractivity contribution in [2.75, 3.05) is 12.3 Å². The minimum atomic E-state index is 0.134. The number of nitrogen functional groups attached to an aromatic ring is 1. The topological polar surface area (TPSA) is 59.2 Å². The summed E-state index contributed by atoms with van der Waals surface area (Å²) in [6, 6.07) is 3.93. The Bertz CT molecular complexity index is 361. The van der Waals surface area contributed by atoms with Crippen LogP contribution in [0.5, 0.6) is 0 Å². The molecule has 0 unspecified atom stereocenters. The number of aromatic nitrogens is 1. The van der Waals surface area contributed by atoms with E-state index < -0.39 is 0 Å². The summed E-state index contributed by atoms with van der Waals surface area (Å²) < 4.78 is 0. The molecule has 4 nitrogen and oxygen atoms in total. The van der Waals surface area contributed by atoms with Gasteiger partial charge in [0, 0.05) is 19.7 Å². The number of pyridine rings is 1. The molecule has 0 aromatic carbocycles. The second kappa shape index (κ2) is 3.88. The van der Waals surface area contributed by atoms with Crippen LogP contribution in [0.3, 0.4) is 0 Å². The second-order valence-electron chi connectivity index (χ2n) is 3.89. The standard InChI is InChI=1S/C11H15N3O/c1-8(15)14-6-2-3-10(14)9-4-5-11(12)13-7-9/h4-5,7,10H,2-3,6H2,1H3,(H2,12,13)/t10-/m0/s1. The Hall–Kier alpha value is -1.58. The molecule has 1 aliphatic rings. The maximum Gasteiger partial charge on any atom is 0.219 e. The zero-order valence-electron chi connectivity index (χ0n) is 8.81. The normalized spacial score (nSPS) is 20.6. The van der Waals surface area contributed by atoms with Crippen LogP contribution in [0.15, 0.2) is 18.3 Å². The lowest BCUT2D eigenvalue weighted by Crippen LogP contribution is -2.28. The molecule has 0 bridgehead atoms. The molecule has 2 heterocycles. The molecule has 0 aliphatic carbocycles. The van der Waals surface area contributed by atoms with Gasteiger partial charge in [-0.3, -0.25) is 4.79 Å². The Kier molecular flexibility index (Phi) is 2.58. The van der Waals surface area contributed by atoms with Gasteiger partial charge in [-0.1, -0.05) is 6.07 Å². The third kappa shape index (κ3) is 1.93. The highest BCUT2D eigenvalue weighted by molar-refractivity contribution is 5.74. The number of nitrogens with zero attached hydrogens (tertiary/aromatic N) is 2. The van der Waals surface area contributed by atoms with Crippen LogP contribution < -0.4 is 5.73 Å². The van der Waals surface area contributed by atoms with E-state index in [2.05, 4.69) is 4.98 Å². The van der Waals surface area contributed by atoms with Crippen molar-refractivity contribution in [3.63, 3.8) is 0 Å². The maximum atomic E-state index is 11.4. The van der Waals surface area contributed by atoms with E-state index in [1.807, 2.05) is 11.0 Å². The van der Waals surface area contributed by atoms with Gasteiger partial charge in [0.25, 0.3) is 0 Å². The summed E-state index contributed by atoms with van der Waals surface area (Å²) in [5.74, 6) is 0.653. The predicted octanol–water partition coefficient (Wildman–Crippen LogP) is 1.35. The van der Waals surface area contributed by atoms with Gasteiger partial charge in [0.2, 0.25) is 5.91 Å². The van der Waals surface area contributed by atoms with Gasteiger partial charge in [0.15, 0.2) is 0 Å². The smallest absolute Gasteiger partial charge is 0.219 e. The lowest BCUT2D eigenvalue weighted by atomic mass is 10.1. The summed E-state index contributed by atoms with van der Waals surface area (Å²) in [6.45, 7) is 2.47. The van der Waals surface area contributed by atoms with Gasteiger partial charge in [-0.05, 0) is 24.5 Å². The lowest BCUT2D eigenvalue weighted by Gasteiger charge is -2.23. The number of likely N-dealkylation sites (tertiary alicyclic amines) is 1. The highest BCUT2D eigenvalue weighted by Gasteiger charge is 2.27.